The Kier molecular flexibility index (Phi) is 4.58. The van der Waals surface area contributed by atoms with Crippen LogP contribution in [0.25, 0.3) is 0 Å². The molecule has 1 amide bonds. The van der Waals surface area contributed by atoms with Gasteiger partial charge in [-0.15, -0.1) is 0 Å². The third-order valence-corrected chi connectivity index (χ3v) is 4.37. The summed E-state index contributed by atoms with van der Waals surface area (Å²) in [6, 6.07) is 8.40. The molecule has 3 nitrogen and oxygen atoms in total. The third kappa shape index (κ3) is 3.08. The average Bonchev–Trinajstić information content (AvgIpc) is 2.39. The van der Waals surface area contributed by atoms with Gasteiger partial charge in [-0.05, 0) is 52.7 Å². The zero-order valence-electron chi connectivity index (χ0n) is 10.5. The van der Waals surface area contributed by atoms with Gasteiger partial charge in [-0.2, -0.15) is 0 Å². The van der Waals surface area contributed by atoms with Crippen LogP contribution in [0.3, 0.4) is 0 Å². The Hall–Kier alpha value is -1.23. The van der Waals surface area contributed by atoms with Crippen LogP contribution >= 0.6 is 39.1 Å². The summed E-state index contributed by atoms with van der Waals surface area (Å²) in [4.78, 5) is 12.2. The van der Waals surface area contributed by atoms with E-state index in [1.807, 2.05) is 6.92 Å². The predicted octanol–water partition coefficient (Wildman–Crippen LogP) is 4.90. The minimum absolute atomic E-state index is 0.314. The van der Waals surface area contributed by atoms with Gasteiger partial charge in [-0.25, -0.2) is 0 Å². The number of nitrogens with two attached hydrogens (primary N) is 1. The molecular weight excluding hydrogens is 363 g/mol. The minimum Gasteiger partial charge on any atom is -0.398 e. The van der Waals surface area contributed by atoms with Gasteiger partial charge in [0.15, 0.2) is 0 Å². The highest BCUT2D eigenvalue weighted by atomic mass is 79.9. The molecular formula is C14H11BrCl2N2O. The molecule has 0 heterocycles. The molecule has 0 aliphatic heterocycles. The SMILES string of the molecule is Cc1cc(Cl)c(NC(=O)c2cccc(N)c2Br)cc1Cl. The molecule has 104 valence electrons. The van der Waals surface area contributed by atoms with Crippen LogP contribution in [0.4, 0.5) is 11.4 Å². The summed E-state index contributed by atoms with van der Waals surface area (Å²) >= 11 is 15.4. The lowest BCUT2D eigenvalue weighted by Gasteiger charge is -2.11. The molecule has 0 bridgehead atoms. The van der Waals surface area contributed by atoms with Gasteiger partial charge in [0.1, 0.15) is 0 Å². The number of amides is 1. The number of nitrogen functional groups attached to an aromatic ring is 1. The molecule has 0 radical (unpaired) electrons. The van der Waals surface area contributed by atoms with Crippen molar-refractivity contribution < 1.29 is 4.79 Å². The lowest BCUT2D eigenvalue weighted by Crippen LogP contribution is -2.13. The lowest BCUT2D eigenvalue weighted by atomic mass is 10.1. The number of anilines is 2. The number of hydrogen-bond donors (Lipinski definition) is 2. The van der Waals surface area contributed by atoms with Crippen molar-refractivity contribution >= 4 is 56.4 Å². The molecule has 2 aromatic carbocycles. The maximum Gasteiger partial charge on any atom is 0.256 e. The van der Waals surface area contributed by atoms with E-state index in [2.05, 4.69) is 21.2 Å². The minimum atomic E-state index is -0.314. The summed E-state index contributed by atoms with van der Waals surface area (Å²) in [6.07, 6.45) is 0. The molecule has 0 aliphatic carbocycles. The van der Waals surface area contributed by atoms with Crippen LogP contribution in [0.2, 0.25) is 10.0 Å². The van der Waals surface area contributed by atoms with E-state index in [1.165, 1.54) is 0 Å². The van der Waals surface area contributed by atoms with E-state index in [0.717, 1.165) is 5.56 Å². The highest BCUT2D eigenvalue weighted by molar-refractivity contribution is 9.10. The lowest BCUT2D eigenvalue weighted by molar-refractivity contribution is 0.102. The highest BCUT2D eigenvalue weighted by Gasteiger charge is 2.14. The molecule has 0 fully saturated rings. The van der Waals surface area contributed by atoms with Gasteiger partial charge < -0.3 is 11.1 Å². The average molecular weight is 374 g/mol. The predicted molar refractivity (Wildman–Crippen MR) is 87.7 cm³/mol. The van der Waals surface area contributed by atoms with Crippen LogP contribution in [0.15, 0.2) is 34.8 Å². The molecule has 0 spiro atoms. The Balaban J connectivity index is 2.33. The number of carbonyl (C=O) groups is 1. The number of aryl methyl sites for hydroxylation is 1. The summed E-state index contributed by atoms with van der Waals surface area (Å²) in [5, 5.41) is 3.69. The number of hydrogen-bond acceptors (Lipinski definition) is 2. The molecule has 0 aromatic heterocycles. The van der Waals surface area contributed by atoms with Crippen molar-refractivity contribution in [2.45, 2.75) is 6.92 Å². The van der Waals surface area contributed by atoms with E-state index in [4.69, 9.17) is 28.9 Å². The molecule has 0 saturated heterocycles. The topological polar surface area (TPSA) is 55.1 Å². The van der Waals surface area contributed by atoms with Crippen LogP contribution in [-0.4, -0.2) is 5.91 Å². The summed E-state index contributed by atoms with van der Waals surface area (Å²) in [5.74, 6) is -0.314. The number of benzene rings is 2. The Labute approximate surface area is 135 Å². The third-order valence-electron chi connectivity index (χ3n) is 2.77. The first kappa shape index (κ1) is 15.2. The first-order valence-electron chi connectivity index (χ1n) is 5.71. The van der Waals surface area contributed by atoms with E-state index in [1.54, 1.807) is 30.3 Å². The van der Waals surface area contributed by atoms with Gasteiger partial charge in [0.05, 0.1) is 20.7 Å². The number of nitrogens with one attached hydrogen (secondary N) is 1. The molecule has 0 saturated carbocycles. The van der Waals surface area contributed by atoms with Crippen molar-refractivity contribution in [3.8, 4) is 0 Å². The van der Waals surface area contributed by atoms with E-state index in [-0.39, 0.29) is 5.91 Å². The maximum atomic E-state index is 12.2. The largest absolute Gasteiger partial charge is 0.398 e. The summed E-state index contributed by atoms with van der Waals surface area (Å²) < 4.78 is 0.548. The fourth-order valence-corrected chi connectivity index (χ4v) is 2.53. The van der Waals surface area contributed by atoms with Gasteiger partial charge in [0, 0.05) is 10.7 Å². The van der Waals surface area contributed by atoms with Crippen LogP contribution in [0.5, 0.6) is 0 Å². The molecule has 20 heavy (non-hydrogen) atoms. The Morgan fingerprint density at radius 3 is 2.65 bits per heavy atom. The first-order chi connectivity index (χ1) is 9.40. The second kappa shape index (κ2) is 6.04. The standard InChI is InChI=1S/C14H11BrCl2N2O/c1-7-5-10(17)12(6-9(7)16)19-14(20)8-3-2-4-11(18)13(8)15/h2-6H,18H2,1H3,(H,19,20). The molecule has 0 unspecified atom stereocenters. The Morgan fingerprint density at radius 2 is 1.95 bits per heavy atom. The van der Waals surface area contributed by atoms with E-state index >= 15 is 0 Å². The van der Waals surface area contributed by atoms with Crippen molar-refractivity contribution in [2.24, 2.45) is 0 Å². The van der Waals surface area contributed by atoms with Crippen molar-refractivity contribution in [1.82, 2.24) is 0 Å². The van der Waals surface area contributed by atoms with Gasteiger partial charge in [0.2, 0.25) is 0 Å². The zero-order chi connectivity index (χ0) is 14.9. The van der Waals surface area contributed by atoms with Crippen LogP contribution < -0.4 is 11.1 Å². The van der Waals surface area contributed by atoms with Crippen LogP contribution in [0, 0.1) is 6.92 Å². The number of carbonyl (C=O) groups excluding carboxylic acids is 1. The van der Waals surface area contributed by atoms with Crippen molar-refractivity contribution in [3.63, 3.8) is 0 Å². The van der Waals surface area contributed by atoms with E-state index < -0.39 is 0 Å². The Morgan fingerprint density at radius 1 is 1.25 bits per heavy atom. The molecule has 0 atom stereocenters. The quantitative estimate of drug-likeness (QED) is 0.735. The summed E-state index contributed by atoms with van der Waals surface area (Å²) in [5.41, 5.74) is 7.98. The Bertz CT molecular complexity index is 689. The fraction of sp³-hybridized carbons (Fsp3) is 0.0714. The van der Waals surface area contributed by atoms with Gasteiger partial charge >= 0.3 is 0 Å². The van der Waals surface area contributed by atoms with Gasteiger partial charge in [-0.1, -0.05) is 29.3 Å². The molecule has 6 heteroatoms. The second-order valence-electron chi connectivity index (χ2n) is 4.24. The van der Waals surface area contributed by atoms with Gasteiger partial charge in [0.25, 0.3) is 5.91 Å². The molecule has 3 N–H and O–H groups in total. The fourth-order valence-electron chi connectivity index (χ4n) is 1.66. The summed E-state index contributed by atoms with van der Waals surface area (Å²) in [6.45, 7) is 1.84. The second-order valence-corrected chi connectivity index (χ2v) is 5.85. The smallest absolute Gasteiger partial charge is 0.256 e. The molecule has 2 aromatic rings. The zero-order valence-corrected chi connectivity index (χ0v) is 13.6. The normalized spacial score (nSPS) is 10.4. The number of halogens is 3. The van der Waals surface area contributed by atoms with Crippen molar-refractivity contribution in [1.29, 1.82) is 0 Å². The first-order valence-corrected chi connectivity index (χ1v) is 7.26. The molecule has 2 rings (SSSR count). The summed E-state index contributed by atoms with van der Waals surface area (Å²) in [7, 11) is 0. The molecule has 0 aliphatic rings. The van der Waals surface area contributed by atoms with E-state index in [9.17, 15) is 4.79 Å². The van der Waals surface area contributed by atoms with E-state index in [0.29, 0.717) is 31.5 Å². The van der Waals surface area contributed by atoms with Crippen LogP contribution in [0.1, 0.15) is 15.9 Å². The highest BCUT2D eigenvalue weighted by Crippen LogP contribution is 2.30. The van der Waals surface area contributed by atoms with Crippen LogP contribution in [-0.2, 0) is 0 Å². The van der Waals surface area contributed by atoms with Gasteiger partial charge in [-0.3, -0.25) is 4.79 Å². The monoisotopic (exact) mass is 372 g/mol. The van der Waals surface area contributed by atoms with Crippen molar-refractivity contribution in [2.75, 3.05) is 11.1 Å². The maximum absolute atomic E-state index is 12.2. The number of rotatable bonds is 2. The van der Waals surface area contributed by atoms with Crippen molar-refractivity contribution in [3.05, 3.63) is 56.0 Å².